The van der Waals surface area contributed by atoms with Gasteiger partial charge in [0.2, 0.25) is 0 Å². The van der Waals surface area contributed by atoms with Crippen LogP contribution in [0.5, 0.6) is 5.75 Å². The van der Waals surface area contributed by atoms with Gasteiger partial charge in [-0.1, -0.05) is 30.3 Å². The fourth-order valence-corrected chi connectivity index (χ4v) is 3.04. The third-order valence-corrected chi connectivity index (χ3v) is 4.15. The number of nitrogens with zero attached hydrogens (tertiary/aromatic N) is 1. The number of aliphatic hydroxyl groups excluding tert-OH is 1. The number of thiazole rings is 1. The molecular weight excluding hydrogens is 270 g/mol. The number of ether oxygens (including phenoxy) is 1. The number of para-hydroxylation sites is 2. The number of aryl methyl sites for hydroxylation is 1. The second-order valence-corrected chi connectivity index (χ2v) is 5.70. The molecule has 1 heterocycles. The second kappa shape index (κ2) is 5.61. The number of rotatable bonds is 4. The van der Waals surface area contributed by atoms with Crippen LogP contribution in [0.4, 0.5) is 0 Å². The molecule has 3 rings (SSSR count). The van der Waals surface area contributed by atoms with Crippen LogP contribution in [0.25, 0.3) is 10.2 Å². The minimum Gasteiger partial charge on any atom is -0.486 e. The Balaban J connectivity index is 1.82. The maximum atomic E-state index is 9.36. The summed E-state index contributed by atoms with van der Waals surface area (Å²) in [5.74, 6) is 0.759. The number of hydrogen-bond donors (Lipinski definition) is 1. The van der Waals surface area contributed by atoms with Crippen molar-refractivity contribution in [3.63, 3.8) is 0 Å². The van der Waals surface area contributed by atoms with Crippen LogP contribution in [0.1, 0.15) is 16.1 Å². The fraction of sp³-hybridized carbons (Fsp3) is 0.188. The predicted molar refractivity (Wildman–Crippen MR) is 81.1 cm³/mol. The Morgan fingerprint density at radius 1 is 1.15 bits per heavy atom. The van der Waals surface area contributed by atoms with Gasteiger partial charge in [-0.3, -0.25) is 0 Å². The highest BCUT2D eigenvalue weighted by Gasteiger charge is 2.08. The molecule has 1 aromatic heterocycles. The number of aromatic nitrogens is 1. The summed E-state index contributed by atoms with van der Waals surface area (Å²) >= 11 is 1.64. The van der Waals surface area contributed by atoms with Crippen LogP contribution in [0.15, 0.2) is 42.5 Å². The topological polar surface area (TPSA) is 42.4 Å². The number of fused-ring (bicyclic) bond motifs is 1. The first-order valence-corrected chi connectivity index (χ1v) is 7.26. The van der Waals surface area contributed by atoms with E-state index in [1.807, 2.05) is 43.3 Å². The Morgan fingerprint density at radius 2 is 2.00 bits per heavy atom. The zero-order valence-electron chi connectivity index (χ0n) is 11.2. The summed E-state index contributed by atoms with van der Waals surface area (Å²) in [6, 6.07) is 13.8. The third-order valence-electron chi connectivity index (χ3n) is 3.14. The van der Waals surface area contributed by atoms with E-state index in [1.54, 1.807) is 11.3 Å². The smallest absolute Gasteiger partial charge is 0.140 e. The van der Waals surface area contributed by atoms with Gasteiger partial charge in [0, 0.05) is 5.56 Å². The number of aliphatic hydroxyl groups is 1. The van der Waals surface area contributed by atoms with Crippen LogP contribution >= 0.6 is 11.3 Å². The summed E-state index contributed by atoms with van der Waals surface area (Å²) in [5.41, 5.74) is 2.84. The molecule has 0 saturated heterocycles. The summed E-state index contributed by atoms with van der Waals surface area (Å²) < 4.78 is 7.03. The van der Waals surface area contributed by atoms with Gasteiger partial charge in [-0.25, -0.2) is 4.98 Å². The number of benzene rings is 2. The molecule has 0 fully saturated rings. The Bertz CT molecular complexity index is 703. The second-order valence-electron chi connectivity index (χ2n) is 4.59. The Hall–Kier alpha value is -1.91. The highest BCUT2D eigenvalue weighted by Crippen LogP contribution is 2.26. The molecule has 1 N–H and O–H groups in total. The normalized spacial score (nSPS) is 10.9. The molecule has 20 heavy (non-hydrogen) atoms. The zero-order valence-corrected chi connectivity index (χ0v) is 12.0. The van der Waals surface area contributed by atoms with Crippen molar-refractivity contribution in [1.29, 1.82) is 0 Å². The Labute approximate surface area is 121 Å². The molecule has 0 aliphatic rings. The Morgan fingerprint density at radius 3 is 2.80 bits per heavy atom. The van der Waals surface area contributed by atoms with Crippen molar-refractivity contribution in [3.8, 4) is 5.75 Å². The van der Waals surface area contributed by atoms with E-state index in [2.05, 4.69) is 11.1 Å². The van der Waals surface area contributed by atoms with Crippen LogP contribution < -0.4 is 4.74 Å². The van der Waals surface area contributed by atoms with E-state index in [4.69, 9.17) is 4.74 Å². The summed E-state index contributed by atoms with van der Waals surface area (Å²) in [6.07, 6.45) is 0. The van der Waals surface area contributed by atoms with Gasteiger partial charge in [0.25, 0.3) is 0 Å². The molecule has 0 saturated carbocycles. The van der Waals surface area contributed by atoms with E-state index in [0.29, 0.717) is 6.61 Å². The lowest BCUT2D eigenvalue weighted by Crippen LogP contribution is -2.00. The van der Waals surface area contributed by atoms with Crippen LogP contribution in [-0.4, -0.2) is 10.1 Å². The molecule has 0 unspecified atom stereocenters. The van der Waals surface area contributed by atoms with Gasteiger partial charge in [0.1, 0.15) is 17.4 Å². The van der Waals surface area contributed by atoms with Crippen LogP contribution in [0.2, 0.25) is 0 Å². The van der Waals surface area contributed by atoms with Crippen molar-refractivity contribution in [2.75, 3.05) is 0 Å². The van der Waals surface area contributed by atoms with Gasteiger partial charge < -0.3 is 9.84 Å². The molecule has 0 spiro atoms. The van der Waals surface area contributed by atoms with Crippen LogP contribution in [0, 0.1) is 6.92 Å². The van der Waals surface area contributed by atoms with Crippen molar-refractivity contribution in [2.45, 2.75) is 20.1 Å². The van der Waals surface area contributed by atoms with E-state index in [-0.39, 0.29) is 6.61 Å². The maximum absolute atomic E-state index is 9.36. The van der Waals surface area contributed by atoms with Crippen molar-refractivity contribution in [3.05, 3.63) is 58.6 Å². The minimum atomic E-state index is -0.0170. The first-order chi connectivity index (χ1) is 9.78. The standard InChI is InChI=1S/C16H15NO2S/c1-11-5-4-6-12(9-18)16(11)19-10-15-17-13-7-2-3-8-14(13)20-15/h2-8,18H,9-10H2,1H3. The Kier molecular flexibility index (Phi) is 3.67. The lowest BCUT2D eigenvalue weighted by atomic mass is 10.1. The average molecular weight is 285 g/mol. The average Bonchev–Trinajstić information content (AvgIpc) is 2.88. The van der Waals surface area contributed by atoms with Gasteiger partial charge in [-0.2, -0.15) is 0 Å². The lowest BCUT2D eigenvalue weighted by Gasteiger charge is -2.11. The van der Waals surface area contributed by atoms with E-state index in [0.717, 1.165) is 27.4 Å². The summed E-state index contributed by atoms with van der Waals surface area (Å²) in [6.45, 7) is 2.39. The molecule has 0 amide bonds. The summed E-state index contributed by atoms with van der Waals surface area (Å²) in [7, 11) is 0. The summed E-state index contributed by atoms with van der Waals surface area (Å²) in [4.78, 5) is 4.54. The van der Waals surface area contributed by atoms with E-state index < -0.39 is 0 Å². The highest BCUT2D eigenvalue weighted by atomic mass is 32.1. The van der Waals surface area contributed by atoms with Gasteiger partial charge in [0.05, 0.1) is 16.8 Å². The van der Waals surface area contributed by atoms with E-state index in [9.17, 15) is 5.11 Å². The van der Waals surface area contributed by atoms with Crippen molar-refractivity contribution >= 4 is 21.6 Å². The van der Waals surface area contributed by atoms with E-state index >= 15 is 0 Å². The third kappa shape index (κ3) is 2.53. The van der Waals surface area contributed by atoms with Crippen LogP contribution in [-0.2, 0) is 13.2 Å². The predicted octanol–water partition coefficient (Wildman–Crippen LogP) is 3.68. The molecule has 3 aromatic rings. The molecule has 0 aliphatic heterocycles. The number of hydrogen-bond acceptors (Lipinski definition) is 4. The molecule has 0 bridgehead atoms. The van der Waals surface area contributed by atoms with Gasteiger partial charge >= 0.3 is 0 Å². The summed E-state index contributed by atoms with van der Waals surface area (Å²) in [5, 5.41) is 10.3. The molecule has 0 radical (unpaired) electrons. The van der Waals surface area contributed by atoms with Gasteiger partial charge in [-0.05, 0) is 24.6 Å². The van der Waals surface area contributed by atoms with Gasteiger partial charge in [0.15, 0.2) is 0 Å². The molecule has 0 atom stereocenters. The molecule has 102 valence electrons. The molecule has 2 aromatic carbocycles. The SMILES string of the molecule is Cc1cccc(CO)c1OCc1nc2ccccc2s1. The molecule has 4 heteroatoms. The fourth-order valence-electron chi connectivity index (χ4n) is 2.16. The monoisotopic (exact) mass is 285 g/mol. The van der Waals surface area contributed by atoms with Crippen LogP contribution in [0.3, 0.4) is 0 Å². The van der Waals surface area contributed by atoms with Crippen molar-refractivity contribution in [2.24, 2.45) is 0 Å². The van der Waals surface area contributed by atoms with Crippen molar-refractivity contribution in [1.82, 2.24) is 4.98 Å². The first-order valence-electron chi connectivity index (χ1n) is 6.44. The molecular formula is C16H15NO2S. The zero-order chi connectivity index (χ0) is 13.9. The van der Waals surface area contributed by atoms with E-state index in [1.165, 1.54) is 4.70 Å². The first kappa shape index (κ1) is 13.1. The lowest BCUT2D eigenvalue weighted by molar-refractivity contribution is 0.258. The highest BCUT2D eigenvalue weighted by molar-refractivity contribution is 7.18. The minimum absolute atomic E-state index is 0.0170. The molecule has 0 aliphatic carbocycles. The molecule has 3 nitrogen and oxygen atoms in total. The van der Waals surface area contributed by atoms with Gasteiger partial charge in [-0.15, -0.1) is 11.3 Å². The maximum Gasteiger partial charge on any atom is 0.140 e. The quantitative estimate of drug-likeness (QED) is 0.795. The van der Waals surface area contributed by atoms with Crippen molar-refractivity contribution < 1.29 is 9.84 Å². The largest absolute Gasteiger partial charge is 0.486 e.